The van der Waals surface area contributed by atoms with Gasteiger partial charge in [0.2, 0.25) is 0 Å². The first-order valence-electron chi connectivity index (χ1n) is 9.17. The Balaban J connectivity index is 1.68. The second kappa shape index (κ2) is 8.76. The van der Waals surface area contributed by atoms with Gasteiger partial charge in [0.15, 0.2) is 18.1 Å². The highest BCUT2D eigenvalue weighted by Gasteiger charge is 2.26. The zero-order chi connectivity index (χ0) is 19.4. The number of anilines is 1. The number of amides is 1. The van der Waals surface area contributed by atoms with Gasteiger partial charge in [0, 0.05) is 22.3 Å². The maximum Gasteiger partial charge on any atom is 0.282 e. The third kappa shape index (κ3) is 4.82. The number of ether oxygens (including phenoxy) is 1. The number of hydrogen-bond donors (Lipinski definition) is 1. The van der Waals surface area contributed by atoms with E-state index in [-0.39, 0.29) is 17.5 Å². The summed E-state index contributed by atoms with van der Waals surface area (Å²) in [4.78, 5) is 17.1. The molecule has 4 nitrogen and oxygen atoms in total. The number of thioether (sulfide) groups is 1. The molecule has 0 aromatic heterocycles. The van der Waals surface area contributed by atoms with Gasteiger partial charge in [0.1, 0.15) is 6.54 Å². The summed E-state index contributed by atoms with van der Waals surface area (Å²) in [5, 5.41) is 0.483. The largest absolute Gasteiger partial charge is 0.494 e. The number of carbonyl (C=O) groups is 1. The summed E-state index contributed by atoms with van der Waals surface area (Å²) in [6, 6.07) is 13.0. The van der Waals surface area contributed by atoms with Crippen molar-refractivity contribution in [1.29, 1.82) is 0 Å². The average Bonchev–Trinajstić information content (AvgIpc) is 2.80. The first-order valence-corrected chi connectivity index (χ1v) is 10.1. The van der Waals surface area contributed by atoms with Crippen molar-refractivity contribution in [1.82, 2.24) is 0 Å². The van der Waals surface area contributed by atoms with Crippen molar-refractivity contribution >= 4 is 23.4 Å². The number of carbonyl (C=O) groups excluding carboxylic acids is 1. The average molecular weight is 390 g/mol. The van der Waals surface area contributed by atoms with Crippen LogP contribution in [0.2, 0.25) is 0 Å². The molecule has 1 aliphatic rings. The van der Waals surface area contributed by atoms with Crippen molar-refractivity contribution in [3.8, 4) is 5.75 Å². The Hall–Kier alpha value is -2.05. The number of benzene rings is 2. The van der Waals surface area contributed by atoms with Gasteiger partial charge in [-0.2, -0.15) is 0 Å². The fourth-order valence-corrected chi connectivity index (χ4v) is 4.44. The van der Waals surface area contributed by atoms with Crippen molar-refractivity contribution < 1.29 is 18.8 Å². The molecule has 3 rings (SSSR count). The maximum absolute atomic E-state index is 13.9. The Morgan fingerprint density at radius 3 is 2.85 bits per heavy atom. The minimum atomic E-state index is -0.374. The SMILES string of the molecule is COc1ccc(C[NH+](C)CC(=O)N2CC[C@H](C)Sc3ccccc32)cc1F. The van der Waals surface area contributed by atoms with E-state index in [1.54, 1.807) is 6.07 Å². The Bertz CT molecular complexity index is 815. The molecular formula is C21H26FN2O2S+. The number of likely N-dealkylation sites (N-methyl/N-ethyl adjacent to an activating group) is 1. The third-order valence-electron chi connectivity index (χ3n) is 4.72. The van der Waals surface area contributed by atoms with E-state index in [1.165, 1.54) is 13.2 Å². The van der Waals surface area contributed by atoms with Gasteiger partial charge in [0.05, 0.1) is 19.8 Å². The van der Waals surface area contributed by atoms with Gasteiger partial charge >= 0.3 is 0 Å². The van der Waals surface area contributed by atoms with Gasteiger partial charge in [0.25, 0.3) is 5.91 Å². The van der Waals surface area contributed by atoms with Crippen LogP contribution in [0.3, 0.4) is 0 Å². The molecule has 0 fully saturated rings. The van der Waals surface area contributed by atoms with Crippen LogP contribution >= 0.6 is 11.8 Å². The van der Waals surface area contributed by atoms with E-state index in [0.717, 1.165) is 34.0 Å². The molecule has 1 amide bonds. The molecular weight excluding hydrogens is 363 g/mol. The lowest BCUT2D eigenvalue weighted by Gasteiger charge is -2.24. The molecule has 6 heteroatoms. The summed E-state index contributed by atoms with van der Waals surface area (Å²) in [5.74, 6) is -0.0366. The summed E-state index contributed by atoms with van der Waals surface area (Å²) in [6.07, 6.45) is 0.966. The zero-order valence-electron chi connectivity index (χ0n) is 16.0. The third-order valence-corrected chi connectivity index (χ3v) is 5.96. The molecule has 0 saturated carbocycles. The number of quaternary nitrogens is 1. The minimum absolute atomic E-state index is 0.101. The molecule has 0 spiro atoms. The summed E-state index contributed by atoms with van der Waals surface area (Å²) in [7, 11) is 3.41. The number of nitrogens with zero attached hydrogens (tertiary/aromatic N) is 1. The van der Waals surface area contributed by atoms with E-state index < -0.39 is 0 Å². The van der Waals surface area contributed by atoms with Crippen LogP contribution in [0.15, 0.2) is 47.4 Å². The fraction of sp³-hybridized carbons (Fsp3) is 0.381. The summed E-state index contributed by atoms with van der Waals surface area (Å²) in [6.45, 7) is 3.87. The molecule has 0 radical (unpaired) electrons. The zero-order valence-corrected chi connectivity index (χ0v) is 16.8. The van der Waals surface area contributed by atoms with Gasteiger partial charge in [-0.25, -0.2) is 4.39 Å². The normalized spacial score (nSPS) is 17.8. The maximum atomic E-state index is 13.9. The van der Waals surface area contributed by atoms with Crippen molar-refractivity contribution in [2.45, 2.75) is 30.0 Å². The van der Waals surface area contributed by atoms with Gasteiger partial charge in [-0.1, -0.05) is 19.1 Å². The smallest absolute Gasteiger partial charge is 0.282 e. The highest BCUT2D eigenvalue weighted by atomic mass is 32.2. The number of methoxy groups -OCH3 is 1. The van der Waals surface area contributed by atoms with Gasteiger partial charge in [-0.3, -0.25) is 4.79 Å². The Labute approximate surface area is 164 Å². The van der Waals surface area contributed by atoms with Crippen LogP contribution in [0.1, 0.15) is 18.9 Å². The van der Waals surface area contributed by atoms with Crippen LogP contribution < -0.4 is 14.5 Å². The molecule has 2 aromatic carbocycles. The van der Waals surface area contributed by atoms with E-state index in [9.17, 15) is 9.18 Å². The highest BCUT2D eigenvalue weighted by molar-refractivity contribution is 8.00. The number of para-hydroxylation sites is 1. The molecule has 1 heterocycles. The van der Waals surface area contributed by atoms with E-state index in [0.29, 0.717) is 18.3 Å². The topological polar surface area (TPSA) is 34.0 Å². The lowest BCUT2D eigenvalue weighted by molar-refractivity contribution is -0.885. The van der Waals surface area contributed by atoms with E-state index in [1.807, 2.05) is 48.0 Å². The molecule has 27 heavy (non-hydrogen) atoms. The summed E-state index contributed by atoms with van der Waals surface area (Å²) in [5.41, 5.74) is 1.85. The van der Waals surface area contributed by atoms with Crippen molar-refractivity contribution in [2.24, 2.45) is 0 Å². The molecule has 0 saturated heterocycles. The highest BCUT2D eigenvalue weighted by Crippen LogP contribution is 2.37. The van der Waals surface area contributed by atoms with Gasteiger partial charge < -0.3 is 14.5 Å². The molecule has 1 N–H and O–H groups in total. The number of halogens is 1. The van der Waals surface area contributed by atoms with Gasteiger partial charge in [-0.05, 0) is 36.8 Å². The number of nitrogens with one attached hydrogen (secondary N) is 1. The molecule has 144 valence electrons. The standard InChI is InChI=1S/C21H25FN2O2S/c1-15-10-11-24(18-6-4-5-7-20(18)27-15)21(25)14-23(2)13-16-8-9-19(26-3)17(22)12-16/h4-9,12,15H,10-11,13-14H2,1-3H3/p+1/t15-/m0/s1. The summed E-state index contributed by atoms with van der Waals surface area (Å²) < 4.78 is 18.8. The first kappa shape index (κ1) is 19.7. The molecule has 0 aliphatic carbocycles. The predicted octanol–water partition coefficient (Wildman–Crippen LogP) is 2.77. The van der Waals surface area contributed by atoms with Crippen LogP contribution in [0, 0.1) is 5.82 Å². The fourth-order valence-electron chi connectivity index (χ4n) is 3.33. The second-order valence-corrected chi connectivity index (χ2v) is 8.49. The van der Waals surface area contributed by atoms with Crippen LogP contribution in [0.5, 0.6) is 5.75 Å². The molecule has 1 unspecified atom stereocenters. The molecule has 2 atom stereocenters. The monoisotopic (exact) mass is 389 g/mol. The van der Waals surface area contributed by atoms with Crippen LogP contribution in [-0.2, 0) is 11.3 Å². The summed E-state index contributed by atoms with van der Waals surface area (Å²) >= 11 is 1.83. The lowest BCUT2D eigenvalue weighted by Crippen LogP contribution is -3.09. The number of rotatable bonds is 5. The Morgan fingerprint density at radius 2 is 2.11 bits per heavy atom. The number of hydrogen-bond acceptors (Lipinski definition) is 3. The molecule has 1 aliphatic heterocycles. The Morgan fingerprint density at radius 1 is 1.33 bits per heavy atom. The van der Waals surface area contributed by atoms with Crippen molar-refractivity contribution in [2.75, 3.05) is 32.1 Å². The van der Waals surface area contributed by atoms with Crippen LogP contribution in [-0.4, -0.2) is 38.4 Å². The molecule has 2 aromatic rings. The first-order chi connectivity index (χ1) is 13.0. The van der Waals surface area contributed by atoms with Crippen molar-refractivity contribution in [3.63, 3.8) is 0 Å². The number of fused-ring (bicyclic) bond motifs is 1. The molecule has 0 bridgehead atoms. The van der Waals surface area contributed by atoms with E-state index in [4.69, 9.17) is 4.74 Å². The van der Waals surface area contributed by atoms with Gasteiger partial charge in [-0.15, -0.1) is 11.8 Å². The second-order valence-electron chi connectivity index (χ2n) is 7.01. The quantitative estimate of drug-likeness (QED) is 0.854. The predicted molar refractivity (Wildman–Crippen MR) is 107 cm³/mol. The van der Waals surface area contributed by atoms with E-state index >= 15 is 0 Å². The lowest BCUT2D eigenvalue weighted by atomic mass is 10.2. The van der Waals surface area contributed by atoms with E-state index in [2.05, 4.69) is 13.0 Å². The van der Waals surface area contributed by atoms with Crippen molar-refractivity contribution in [3.05, 3.63) is 53.8 Å². The van der Waals surface area contributed by atoms with Crippen LogP contribution in [0.25, 0.3) is 0 Å². The Kier molecular flexibility index (Phi) is 6.39. The minimum Gasteiger partial charge on any atom is -0.494 e. The van der Waals surface area contributed by atoms with Crippen LogP contribution in [0.4, 0.5) is 10.1 Å².